The average molecular weight is 146 g/mol. The Balaban J connectivity index is 3.15. The molecule has 1 aromatic heterocycles. The van der Waals surface area contributed by atoms with Crippen molar-refractivity contribution in [1.82, 2.24) is 4.98 Å². The summed E-state index contributed by atoms with van der Waals surface area (Å²) in [5, 5.41) is 8.65. The molecule has 1 rings (SSSR count). The fraction of sp³-hybridized carbons (Fsp3) is 0.333. The van der Waals surface area contributed by atoms with Crippen LogP contribution in [-0.4, -0.2) is 4.98 Å². The second kappa shape index (κ2) is 3.16. The Bertz CT molecular complexity index is 284. The van der Waals surface area contributed by atoms with Gasteiger partial charge in [0.25, 0.3) is 0 Å². The van der Waals surface area contributed by atoms with Gasteiger partial charge in [0.2, 0.25) is 0 Å². The lowest BCUT2D eigenvalue weighted by Gasteiger charge is -2.04. The smallest absolute Gasteiger partial charge is 0.143 e. The molecule has 2 nitrogen and oxygen atoms in total. The molecule has 0 spiro atoms. The van der Waals surface area contributed by atoms with Crippen molar-refractivity contribution in [3.05, 3.63) is 29.6 Å². The molecule has 2 heteroatoms. The highest BCUT2D eigenvalue weighted by Gasteiger charge is 2.04. The minimum atomic E-state index is 0.373. The molecule has 0 aromatic carbocycles. The summed E-state index contributed by atoms with van der Waals surface area (Å²) in [6, 6.07) is 5.86. The van der Waals surface area contributed by atoms with Crippen LogP contribution in [0.3, 0.4) is 0 Å². The zero-order valence-corrected chi connectivity index (χ0v) is 6.70. The van der Waals surface area contributed by atoms with Gasteiger partial charge in [-0.1, -0.05) is 19.9 Å². The third kappa shape index (κ3) is 1.56. The number of nitrogens with zero attached hydrogens (tertiary/aromatic N) is 2. The molecule has 1 heterocycles. The molecule has 1 aromatic rings. The summed E-state index contributed by atoms with van der Waals surface area (Å²) >= 11 is 0. The van der Waals surface area contributed by atoms with E-state index in [-0.39, 0.29) is 0 Å². The van der Waals surface area contributed by atoms with Crippen LogP contribution in [0.5, 0.6) is 0 Å². The van der Waals surface area contributed by atoms with Gasteiger partial charge in [0, 0.05) is 6.20 Å². The molecular formula is C9H10N2. The fourth-order valence-corrected chi connectivity index (χ4v) is 0.977. The molecule has 0 amide bonds. The third-order valence-corrected chi connectivity index (χ3v) is 1.57. The van der Waals surface area contributed by atoms with E-state index >= 15 is 0 Å². The molecule has 0 saturated heterocycles. The van der Waals surface area contributed by atoms with Gasteiger partial charge in [-0.2, -0.15) is 5.26 Å². The predicted molar refractivity (Wildman–Crippen MR) is 43.0 cm³/mol. The molecule has 0 atom stereocenters. The predicted octanol–water partition coefficient (Wildman–Crippen LogP) is 2.08. The summed E-state index contributed by atoms with van der Waals surface area (Å²) in [5.41, 5.74) is 1.57. The van der Waals surface area contributed by atoms with E-state index in [0.717, 1.165) is 5.56 Å². The topological polar surface area (TPSA) is 36.7 Å². The van der Waals surface area contributed by atoms with E-state index in [2.05, 4.69) is 24.9 Å². The van der Waals surface area contributed by atoms with Gasteiger partial charge in [-0.3, -0.25) is 0 Å². The molecule has 56 valence electrons. The van der Waals surface area contributed by atoms with Crippen LogP contribution in [0.4, 0.5) is 0 Å². The first-order valence-electron chi connectivity index (χ1n) is 3.60. The Morgan fingerprint density at radius 1 is 1.55 bits per heavy atom. The first kappa shape index (κ1) is 7.74. The summed E-state index contributed by atoms with van der Waals surface area (Å²) < 4.78 is 0. The van der Waals surface area contributed by atoms with Gasteiger partial charge >= 0.3 is 0 Å². The van der Waals surface area contributed by atoms with Gasteiger partial charge < -0.3 is 0 Å². The van der Waals surface area contributed by atoms with Crippen LogP contribution in [0.1, 0.15) is 31.0 Å². The number of hydrogen-bond donors (Lipinski definition) is 0. The van der Waals surface area contributed by atoms with Crippen LogP contribution < -0.4 is 0 Å². The SMILES string of the molecule is CC(C)c1cccnc1C#N. The zero-order chi connectivity index (χ0) is 8.27. The lowest BCUT2D eigenvalue weighted by molar-refractivity contribution is 0.852. The van der Waals surface area contributed by atoms with Crippen LogP contribution in [0.25, 0.3) is 0 Å². The van der Waals surface area contributed by atoms with Crippen LogP contribution in [0, 0.1) is 11.3 Å². The maximum absolute atomic E-state index is 8.65. The summed E-state index contributed by atoms with van der Waals surface area (Å²) in [4.78, 5) is 3.96. The van der Waals surface area contributed by atoms with Crippen molar-refractivity contribution in [3.8, 4) is 6.07 Å². The lowest BCUT2D eigenvalue weighted by atomic mass is 10.0. The monoisotopic (exact) mass is 146 g/mol. The molecular weight excluding hydrogens is 136 g/mol. The highest BCUT2D eigenvalue weighted by atomic mass is 14.7. The van der Waals surface area contributed by atoms with Crippen molar-refractivity contribution in [2.75, 3.05) is 0 Å². The number of nitriles is 1. The number of rotatable bonds is 1. The Kier molecular flexibility index (Phi) is 2.22. The molecule has 0 radical (unpaired) electrons. The largest absolute Gasteiger partial charge is 0.245 e. The summed E-state index contributed by atoms with van der Waals surface area (Å²) in [5.74, 6) is 0.373. The zero-order valence-electron chi connectivity index (χ0n) is 6.70. The molecule has 0 bridgehead atoms. The quantitative estimate of drug-likeness (QED) is 0.608. The molecule has 0 aliphatic heterocycles. The van der Waals surface area contributed by atoms with E-state index in [1.54, 1.807) is 6.20 Å². The minimum absolute atomic E-state index is 0.373. The van der Waals surface area contributed by atoms with E-state index in [1.165, 1.54) is 0 Å². The first-order valence-corrected chi connectivity index (χ1v) is 3.60. The van der Waals surface area contributed by atoms with Gasteiger partial charge in [0.05, 0.1) is 0 Å². The van der Waals surface area contributed by atoms with Crippen molar-refractivity contribution in [3.63, 3.8) is 0 Å². The van der Waals surface area contributed by atoms with E-state index in [4.69, 9.17) is 5.26 Å². The third-order valence-electron chi connectivity index (χ3n) is 1.57. The number of hydrogen-bond acceptors (Lipinski definition) is 2. The number of pyridine rings is 1. The van der Waals surface area contributed by atoms with Crippen molar-refractivity contribution >= 4 is 0 Å². The maximum atomic E-state index is 8.65. The maximum Gasteiger partial charge on any atom is 0.143 e. The standard InChI is InChI=1S/C9H10N2/c1-7(2)8-4-3-5-11-9(8)6-10/h3-5,7H,1-2H3. The Morgan fingerprint density at radius 2 is 2.27 bits per heavy atom. The second-order valence-corrected chi connectivity index (χ2v) is 2.71. The van der Waals surface area contributed by atoms with Crippen molar-refractivity contribution in [2.24, 2.45) is 0 Å². The van der Waals surface area contributed by atoms with Gasteiger partial charge in [-0.05, 0) is 17.5 Å². The van der Waals surface area contributed by atoms with Gasteiger partial charge in [0.15, 0.2) is 0 Å². The first-order chi connectivity index (χ1) is 5.25. The molecule has 11 heavy (non-hydrogen) atoms. The van der Waals surface area contributed by atoms with Crippen LogP contribution >= 0.6 is 0 Å². The van der Waals surface area contributed by atoms with Crippen LogP contribution in [0.2, 0.25) is 0 Å². The summed E-state index contributed by atoms with van der Waals surface area (Å²) in [7, 11) is 0. The lowest BCUT2D eigenvalue weighted by Crippen LogP contribution is -1.94. The minimum Gasteiger partial charge on any atom is -0.245 e. The summed E-state index contributed by atoms with van der Waals surface area (Å²) in [6.07, 6.45) is 1.64. The summed E-state index contributed by atoms with van der Waals surface area (Å²) in [6.45, 7) is 4.11. The van der Waals surface area contributed by atoms with Crippen LogP contribution in [0.15, 0.2) is 18.3 Å². The molecule has 0 fully saturated rings. The van der Waals surface area contributed by atoms with Gasteiger partial charge in [-0.15, -0.1) is 0 Å². The van der Waals surface area contributed by atoms with Crippen molar-refractivity contribution in [2.45, 2.75) is 19.8 Å². The molecule has 0 N–H and O–H groups in total. The molecule has 0 aliphatic rings. The van der Waals surface area contributed by atoms with Gasteiger partial charge in [-0.25, -0.2) is 4.98 Å². The molecule has 0 unspecified atom stereocenters. The molecule has 0 saturated carbocycles. The number of aromatic nitrogens is 1. The van der Waals surface area contributed by atoms with E-state index in [9.17, 15) is 0 Å². The molecule has 0 aliphatic carbocycles. The Morgan fingerprint density at radius 3 is 2.73 bits per heavy atom. The van der Waals surface area contributed by atoms with Crippen molar-refractivity contribution in [1.29, 1.82) is 5.26 Å². The van der Waals surface area contributed by atoms with Crippen molar-refractivity contribution < 1.29 is 0 Å². The normalized spacial score (nSPS) is 9.64. The van der Waals surface area contributed by atoms with Crippen LogP contribution in [-0.2, 0) is 0 Å². The van der Waals surface area contributed by atoms with E-state index in [0.29, 0.717) is 11.6 Å². The second-order valence-electron chi connectivity index (χ2n) is 2.71. The van der Waals surface area contributed by atoms with E-state index < -0.39 is 0 Å². The van der Waals surface area contributed by atoms with Gasteiger partial charge in [0.1, 0.15) is 11.8 Å². The van der Waals surface area contributed by atoms with E-state index in [1.807, 2.05) is 12.1 Å². The fourth-order valence-electron chi connectivity index (χ4n) is 0.977. The Labute approximate surface area is 66.5 Å². The highest BCUT2D eigenvalue weighted by Crippen LogP contribution is 2.15. The Hall–Kier alpha value is -1.36. The average Bonchev–Trinajstić information content (AvgIpc) is 2.04. The highest BCUT2D eigenvalue weighted by molar-refractivity contribution is 5.32.